The third-order valence-electron chi connectivity index (χ3n) is 7.68. The summed E-state index contributed by atoms with van der Waals surface area (Å²) >= 11 is 0. The van der Waals surface area contributed by atoms with Gasteiger partial charge in [-0.2, -0.15) is 0 Å². The number of rotatable bonds is 7. The van der Waals surface area contributed by atoms with Crippen LogP contribution in [0, 0.1) is 17.2 Å². The number of piperidine rings is 1. The van der Waals surface area contributed by atoms with Crippen LogP contribution >= 0.6 is 0 Å². The molecule has 14 heteroatoms. The number of nitrogens with zero attached hydrogens (tertiary/aromatic N) is 4. The summed E-state index contributed by atoms with van der Waals surface area (Å²) in [6.45, 7) is 2.12. The van der Waals surface area contributed by atoms with Crippen LogP contribution in [0.5, 0.6) is 0 Å². The monoisotopic (exact) mass is 556 g/mol. The van der Waals surface area contributed by atoms with Crippen molar-refractivity contribution in [2.75, 3.05) is 51.1 Å². The first-order valence-electron chi connectivity index (χ1n) is 13.5. The molecule has 6 N–H and O–H groups in total. The normalized spacial score (nSPS) is 22.8. The standard InChI is InChI=1S/C26H36N8O6/c27-24(28)33-10-4-5-17(16-33)15-19-21(23(37)38)34(22(19)36)26(40)32-13-11-31(12-14-32)20(35)8-9-29-25(39)30-18-6-2-1-3-7-18/h1-3,6-7,17,19,21H,4-5,8-16H2,(H3,27,28)(H,37,38)(H2,29,30,39)/t17?,19-,21?/m1/s1. The summed E-state index contributed by atoms with van der Waals surface area (Å²) in [5.74, 6) is -2.74. The molecule has 4 rings (SSSR count). The number of β-lactam (4-membered cyclic amide) rings is 1. The van der Waals surface area contributed by atoms with Crippen LogP contribution in [0.2, 0.25) is 0 Å². The number of nitrogens with one attached hydrogen (secondary N) is 3. The summed E-state index contributed by atoms with van der Waals surface area (Å²) in [7, 11) is 0. The number of nitrogens with two attached hydrogens (primary N) is 1. The molecule has 0 spiro atoms. The summed E-state index contributed by atoms with van der Waals surface area (Å²) in [5, 5.41) is 22.8. The Kier molecular flexibility index (Phi) is 9.07. The lowest BCUT2D eigenvalue weighted by atomic mass is 9.78. The number of benzene rings is 1. The van der Waals surface area contributed by atoms with Gasteiger partial charge in [0.1, 0.15) is 0 Å². The predicted molar refractivity (Wildman–Crippen MR) is 144 cm³/mol. The quantitative estimate of drug-likeness (QED) is 0.181. The fourth-order valence-electron chi connectivity index (χ4n) is 5.55. The summed E-state index contributed by atoms with van der Waals surface area (Å²) in [6.07, 6.45) is 2.01. The molecule has 0 aliphatic carbocycles. The second-order valence-corrected chi connectivity index (χ2v) is 10.3. The van der Waals surface area contributed by atoms with E-state index >= 15 is 0 Å². The average molecular weight is 557 g/mol. The number of carboxylic acids is 1. The van der Waals surface area contributed by atoms with Gasteiger partial charge in [0, 0.05) is 57.9 Å². The third-order valence-corrected chi connectivity index (χ3v) is 7.68. The first kappa shape index (κ1) is 28.6. The van der Waals surface area contributed by atoms with Crippen LogP contribution in [-0.2, 0) is 14.4 Å². The fraction of sp³-hybridized carbons (Fsp3) is 0.538. The number of amides is 6. The number of hydrogen-bond acceptors (Lipinski definition) is 6. The number of anilines is 1. The summed E-state index contributed by atoms with van der Waals surface area (Å²) in [5.41, 5.74) is 6.23. The van der Waals surface area contributed by atoms with Gasteiger partial charge in [0.05, 0.1) is 5.92 Å². The highest BCUT2D eigenvalue weighted by atomic mass is 16.4. The highest BCUT2D eigenvalue weighted by Gasteiger charge is 2.56. The number of carboxylic acid groups (broad SMARTS) is 1. The van der Waals surface area contributed by atoms with Crippen molar-refractivity contribution in [3.05, 3.63) is 30.3 Å². The Morgan fingerprint density at radius 3 is 2.33 bits per heavy atom. The largest absolute Gasteiger partial charge is 0.480 e. The van der Waals surface area contributed by atoms with Gasteiger partial charge in [-0.05, 0) is 37.3 Å². The molecule has 0 aromatic heterocycles. The van der Waals surface area contributed by atoms with E-state index in [0.29, 0.717) is 25.2 Å². The summed E-state index contributed by atoms with van der Waals surface area (Å²) < 4.78 is 0. The van der Waals surface area contributed by atoms with Gasteiger partial charge in [-0.15, -0.1) is 0 Å². The van der Waals surface area contributed by atoms with Crippen LogP contribution in [-0.4, -0.2) is 112 Å². The van der Waals surface area contributed by atoms with E-state index in [9.17, 15) is 29.1 Å². The molecule has 0 saturated carbocycles. The smallest absolute Gasteiger partial charge is 0.327 e. The van der Waals surface area contributed by atoms with E-state index in [1.165, 1.54) is 4.90 Å². The number of para-hydroxylation sites is 1. The van der Waals surface area contributed by atoms with Gasteiger partial charge in [-0.25, -0.2) is 19.3 Å². The predicted octanol–water partition coefficient (Wildman–Crippen LogP) is 0.370. The Bertz CT molecular complexity index is 1140. The number of likely N-dealkylation sites (tertiary alicyclic amines) is 2. The molecular weight excluding hydrogens is 520 g/mol. The van der Waals surface area contributed by atoms with Crippen LogP contribution < -0.4 is 16.4 Å². The molecule has 3 atom stereocenters. The Hall–Kier alpha value is -4.36. The molecule has 3 heterocycles. The number of hydrogen-bond donors (Lipinski definition) is 5. The third kappa shape index (κ3) is 6.61. The molecule has 6 amide bonds. The van der Waals surface area contributed by atoms with Gasteiger partial charge < -0.3 is 36.2 Å². The Morgan fingerprint density at radius 2 is 1.68 bits per heavy atom. The minimum atomic E-state index is -1.24. The van der Waals surface area contributed by atoms with Crippen LogP contribution in [0.25, 0.3) is 0 Å². The molecule has 40 heavy (non-hydrogen) atoms. The molecule has 3 saturated heterocycles. The van der Waals surface area contributed by atoms with E-state index in [1.54, 1.807) is 34.1 Å². The van der Waals surface area contributed by atoms with Crippen LogP contribution in [0.15, 0.2) is 30.3 Å². The first-order chi connectivity index (χ1) is 19.2. The van der Waals surface area contributed by atoms with Crippen molar-refractivity contribution in [1.29, 1.82) is 5.41 Å². The number of imide groups is 1. The zero-order valence-electron chi connectivity index (χ0n) is 22.3. The SMILES string of the molecule is N=C(N)N1CCCC(C[C@H]2C(=O)N(C(=O)N3CCN(C(=O)CCNC(=O)Nc4ccccc4)CC3)C2C(=O)O)C1. The zero-order chi connectivity index (χ0) is 28.8. The van der Waals surface area contributed by atoms with E-state index in [-0.39, 0.29) is 56.9 Å². The topological polar surface area (TPSA) is 192 Å². The lowest BCUT2D eigenvalue weighted by Crippen LogP contribution is -2.70. The molecular formula is C26H36N8O6. The number of guanidine groups is 1. The Morgan fingerprint density at radius 1 is 1.00 bits per heavy atom. The van der Waals surface area contributed by atoms with Crippen molar-refractivity contribution in [3.8, 4) is 0 Å². The maximum absolute atomic E-state index is 13.1. The lowest BCUT2D eigenvalue weighted by molar-refractivity contribution is -0.167. The van der Waals surface area contributed by atoms with E-state index in [1.807, 2.05) is 6.07 Å². The number of carbonyl (C=O) groups is 5. The molecule has 2 unspecified atom stereocenters. The molecule has 14 nitrogen and oxygen atoms in total. The van der Waals surface area contributed by atoms with Crippen LogP contribution in [0.1, 0.15) is 25.7 Å². The number of carbonyl (C=O) groups excluding carboxylic acids is 4. The minimum Gasteiger partial charge on any atom is -0.480 e. The van der Waals surface area contributed by atoms with Crippen molar-refractivity contribution in [2.45, 2.75) is 31.7 Å². The minimum absolute atomic E-state index is 0.0131. The van der Waals surface area contributed by atoms with Gasteiger partial charge in [0.2, 0.25) is 11.8 Å². The summed E-state index contributed by atoms with van der Waals surface area (Å²) in [6, 6.07) is 6.61. The van der Waals surface area contributed by atoms with Crippen LogP contribution in [0.4, 0.5) is 15.3 Å². The maximum atomic E-state index is 13.1. The van der Waals surface area contributed by atoms with E-state index in [2.05, 4.69) is 10.6 Å². The van der Waals surface area contributed by atoms with Crippen molar-refractivity contribution in [2.24, 2.45) is 17.6 Å². The van der Waals surface area contributed by atoms with Gasteiger partial charge in [-0.3, -0.25) is 15.0 Å². The maximum Gasteiger partial charge on any atom is 0.327 e. The van der Waals surface area contributed by atoms with Crippen LogP contribution in [0.3, 0.4) is 0 Å². The van der Waals surface area contributed by atoms with Crippen molar-refractivity contribution >= 4 is 41.5 Å². The Balaban J connectivity index is 1.22. The van der Waals surface area contributed by atoms with Gasteiger partial charge in [0.25, 0.3) is 0 Å². The number of urea groups is 2. The lowest BCUT2D eigenvalue weighted by Gasteiger charge is -2.47. The van der Waals surface area contributed by atoms with E-state index in [4.69, 9.17) is 11.1 Å². The summed E-state index contributed by atoms with van der Waals surface area (Å²) in [4.78, 5) is 68.2. The molecule has 3 aliphatic heterocycles. The zero-order valence-corrected chi connectivity index (χ0v) is 22.3. The second kappa shape index (κ2) is 12.7. The molecule has 3 fully saturated rings. The number of aliphatic carboxylic acids is 1. The van der Waals surface area contributed by atoms with Crippen molar-refractivity contribution in [3.63, 3.8) is 0 Å². The number of piperazine rings is 1. The Labute approximate surface area is 231 Å². The fourth-order valence-corrected chi connectivity index (χ4v) is 5.55. The first-order valence-corrected chi connectivity index (χ1v) is 13.5. The molecule has 1 aromatic rings. The highest BCUT2D eigenvalue weighted by molar-refractivity contribution is 6.07. The molecule has 3 aliphatic rings. The molecule has 0 bridgehead atoms. The molecule has 0 radical (unpaired) electrons. The van der Waals surface area contributed by atoms with Gasteiger partial charge in [0.15, 0.2) is 12.0 Å². The molecule has 216 valence electrons. The highest BCUT2D eigenvalue weighted by Crippen LogP contribution is 2.36. The van der Waals surface area contributed by atoms with Gasteiger partial charge >= 0.3 is 18.0 Å². The van der Waals surface area contributed by atoms with Gasteiger partial charge in [-0.1, -0.05) is 18.2 Å². The van der Waals surface area contributed by atoms with E-state index < -0.39 is 35.9 Å². The van der Waals surface area contributed by atoms with Crippen molar-refractivity contribution < 1.29 is 29.1 Å². The van der Waals surface area contributed by atoms with E-state index in [0.717, 1.165) is 17.7 Å². The molecule has 1 aromatic carbocycles. The average Bonchev–Trinajstić information content (AvgIpc) is 2.94. The second-order valence-electron chi connectivity index (χ2n) is 10.3. The van der Waals surface area contributed by atoms with Crippen molar-refractivity contribution in [1.82, 2.24) is 24.9 Å².